The number of carbonyl (C=O) groups is 1. The van der Waals surface area contributed by atoms with Gasteiger partial charge in [0.25, 0.3) is 0 Å². The minimum absolute atomic E-state index is 0.326. The van der Waals surface area contributed by atoms with E-state index in [2.05, 4.69) is 4.72 Å². The molecule has 6 heteroatoms. The molecule has 0 aliphatic carbocycles. The summed E-state index contributed by atoms with van der Waals surface area (Å²) >= 11 is 0. The van der Waals surface area contributed by atoms with Crippen molar-refractivity contribution in [1.29, 1.82) is 0 Å². The van der Waals surface area contributed by atoms with Gasteiger partial charge in [-0.05, 0) is 36.2 Å². The van der Waals surface area contributed by atoms with Gasteiger partial charge in [0.05, 0.1) is 11.8 Å². The number of benzene rings is 2. The Morgan fingerprint density at radius 2 is 1.68 bits per heavy atom. The van der Waals surface area contributed by atoms with Crippen molar-refractivity contribution >= 4 is 16.0 Å². The first-order valence-corrected chi connectivity index (χ1v) is 8.64. The zero-order chi connectivity index (χ0) is 16.0. The lowest BCUT2D eigenvalue weighted by Gasteiger charge is -2.06. The Balaban J connectivity index is 1.92. The van der Waals surface area contributed by atoms with Crippen LogP contribution in [-0.2, 0) is 16.4 Å². The summed E-state index contributed by atoms with van der Waals surface area (Å²) < 4.78 is 29.6. The molecule has 0 radical (unpaired) electrons. The molecule has 0 aliphatic heterocycles. The number of carbonyl (C=O) groups excluding carboxylic acids is 1. The van der Waals surface area contributed by atoms with E-state index in [1.54, 1.807) is 48.5 Å². The summed E-state index contributed by atoms with van der Waals surface area (Å²) in [6, 6.07) is 15.8. The Hall–Kier alpha value is -2.18. The normalized spacial score (nSPS) is 11.1. The van der Waals surface area contributed by atoms with E-state index in [0.717, 1.165) is 11.8 Å². The first kappa shape index (κ1) is 16.2. The zero-order valence-electron chi connectivity index (χ0n) is 12.2. The van der Waals surface area contributed by atoms with Gasteiger partial charge >= 0.3 is 5.97 Å². The average molecular weight is 319 g/mol. The van der Waals surface area contributed by atoms with Crippen LogP contribution in [0.2, 0.25) is 0 Å². The van der Waals surface area contributed by atoms with Crippen LogP contribution in [0.25, 0.3) is 0 Å². The molecular weight excluding hydrogens is 302 g/mol. The van der Waals surface area contributed by atoms with Crippen LogP contribution in [0.5, 0.6) is 5.75 Å². The molecule has 2 aromatic rings. The predicted molar refractivity (Wildman–Crippen MR) is 84.4 cm³/mol. The van der Waals surface area contributed by atoms with Crippen LogP contribution < -0.4 is 9.46 Å². The van der Waals surface area contributed by atoms with Crippen molar-refractivity contribution in [2.45, 2.75) is 6.42 Å². The lowest BCUT2D eigenvalue weighted by atomic mass is 10.1. The van der Waals surface area contributed by atoms with Crippen molar-refractivity contribution < 1.29 is 17.9 Å². The van der Waals surface area contributed by atoms with Crippen molar-refractivity contribution in [1.82, 2.24) is 4.72 Å². The van der Waals surface area contributed by atoms with E-state index < -0.39 is 16.0 Å². The molecule has 0 saturated heterocycles. The standard InChI is InChI=1S/C16H17NO4S/c1-22(19,20)17-12-11-13-7-9-14(10-8-13)16(18)21-15-5-3-2-4-6-15/h2-10,17H,11-12H2,1H3. The summed E-state index contributed by atoms with van der Waals surface area (Å²) in [4.78, 5) is 12.0. The molecule has 0 aromatic heterocycles. The molecule has 0 amide bonds. The topological polar surface area (TPSA) is 72.5 Å². The van der Waals surface area contributed by atoms with Crippen molar-refractivity contribution in [3.05, 3.63) is 65.7 Å². The van der Waals surface area contributed by atoms with Gasteiger partial charge in [0, 0.05) is 6.54 Å². The van der Waals surface area contributed by atoms with Crippen LogP contribution in [0.1, 0.15) is 15.9 Å². The number of sulfonamides is 1. The molecule has 0 aliphatic rings. The minimum atomic E-state index is -3.17. The molecule has 0 heterocycles. The highest BCUT2D eigenvalue weighted by Gasteiger charge is 2.08. The van der Waals surface area contributed by atoms with E-state index >= 15 is 0 Å². The van der Waals surface area contributed by atoms with E-state index in [-0.39, 0.29) is 0 Å². The highest BCUT2D eigenvalue weighted by molar-refractivity contribution is 7.88. The van der Waals surface area contributed by atoms with Crippen LogP contribution in [0.3, 0.4) is 0 Å². The lowest BCUT2D eigenvalue weighted by molar-refractivity contribution is 0.0735. The van der Waals surface area contributed by atoms with Crippen LogP contribution >= 0.6 is 0 Å². The Kier molecular flexibility index (Phi) is 5.30. The van der Waals surface area contributed by atoms with Gasteiger partial charge in [-0.25, -0.2) is 17.9 Å². The zero-order valence-corrected chi connectivity index (χ0v) is 13.0. The fraction of sp³-hybridized carbons (Fsp3) is 0.188. The third-order valence-electron chi connectivity index (χ3n) is 2.92. The van der Waals surface area contributed by atoms with Gasteiger partial charge in [-0.2, -0.15) is 0 Å². The monoisotopic (exact) mass is 319 g/mol. The Morgan fingerprint density at radius 1 is 1.05 bits per heavy atom. The number of rotatable bonds is 6. The average Bonchev–Trinajstić information content (AvgIpc) is 2.47. The fourth-order valence-corrected chi connectivity index (χ4v) is 2.32. The van der Waals surface area contributed by atoms with E-state index in [1.807, 2.05) is 6.07 Å². The molecule has 116 valence electrons. The van der Waals surface area contributed by atoms with Crippen molar-refractivity contribution in [3.63, 3.8) is 0 Å². The highest BCUT2D eigenvalue weighted by atomic mass is 32.2. The maximum absolute atomic E-state index is 12.0. The molecule has 5 nitrogen and oxygen atoms in total. The Bertz CT molecular complexity index is 725. The quantitative estimate of drug-likeness (QED) is 0.653. The largest absolute Gasteiger partial charge is 0.423 e. The fourth-order valence-electron chi connectivity index (χ4n) is 1.84. The highest BCUT2D eigenvalue weighted by Crippen LogP contribution is 2.12. The number of para-hydroxylation sites is 1. The van der Waals surface area contributed by atoms with Crippen LogP contribution in [0.4, 0.5) is 0 Å². The van der Waals surface area contributed by atoms with Gasteiger partial charge in [-0.3, -0.25) is 0 Å². The van der Waals surface area contributed by atoms with E-state index in [9.17, 15) is 13.2 Å². The summed E-state index contributed by atoms with van der Waals surface area (Å²) in [7, 11) is -3.17. The van der Waals surface area contributed by atoms with Crippen LogP contribution in [0, 0.1) is 0 Å². The first-order chi connectivity index (χ1) is 10.4. The van der Waals surface area contributed by atoms with Gasteiger partial charge in [0.2, 0.25) is 10.0 Å². The number of hydrogen-bond donors (Lipinski definition) is 1. The molecule has 0 saturated carbocycles. The summed E-state index contributed by atoms with van der Waals surface area (Å²) in [5.74, 6) is 0.0703. The summed E-state index contributed by atoms with van der Waals surface area (Å²) in [6.07, 6.45) is 1.68. The lowest BCUT2D eigenvalue weighted by Crippen LogP contribution is -2.24. The molecule has 2 aromatic carbocycles. The second-order valence-electron chi connectivity index (χ2n) is 4.82. The predicted octanol–water partition coefficient (Wildman–Crippen LogP) is 2.00. The van der Waals surface area contributed by atoms with Gasteiger partial charge in [-0.1, -0.05) is 30.3 Å². The van der Waals surface area contributed by atoms with E-state index in [0.29, 0.717) is 24.3 Å². The van der Waals surface area contributed by atoms with Crippen molar-refractivity contribution in [2.75, 3.05) is 12.8 Å². The third kappa shape index (κ3) is 5.31. The van der Waals surface area contributed by atoms with Gasteiger partial charge in [0.1, 0.15) is 5.75 Å². The molecule has 22 heavy (non-hydrogen) atoms. The number of nitrogens with one attached hydrogen (secondary N) is 1. The maximum atomic E-state index is 12.0. The second-order valence-corrected chi connectivity index (χ2v) is 6.65. The second kappa shape index (κ2) is 7.20. The SMILES string of the molecule is CS(=O)(=O)NCCc1ccc(C(=O)Oc2ccccc2)cc1. The summed E-state index contributed by atoms with van der Waals surface area (Å²) in [6.45, 7) is 0.326. The molecule has 0 unspecified atom stereocenters. The molecular formula is C16H17NO4S. The third-order valence-corrected chi connectivity index (χ3v) is 3.65. The summed E-state index contributed by atoms with van der Waals surface area (Å²) in [5, 5.41) is 0. The maximum Gasteiger partial charge on any atom is 0.343 e. The van der Waals surface area contributed by atoms with E-state index in [4.69, 9.17) is 4.74 Å². The Labute approximate surface area is 130 Å². The molecule has 1 N–H and O–H groups in total. The van der Waals surface area contributed by atoms with Gasteiger partial charge in [-0.15, -0.1) is 0 Å². The van der Waals surface area contributed by atoms with E-state index in [1.165, 1.54) is 0 Å². The Morgan fingerprint density at radius 3 is 2.27 bits per heavy atom. The van der Waals surface area contributed by atoms with Crippen LogP contribution in [-0.4, -0.2) is 27.2 Å². The number of esters is 1. The molecule has 0 fully saturated rings. The number of hydrogen-bond acceptors (Lipinski definition) is 4. The molecule has 2 rings (SSSR count). The minimum Gasteiger partial charge on any atom is -0.423 e. The van der Waals surface area contributed by atoms with Crippen molar-refractivity contribution in [3.8, 4) is 5.75 Å². The first-order valence-electron chi connectivity index (χ1n) is 6.75. The number of ether oxygens (including phenoxy) is 1. The molecule has 0 atom stereocenters. The smallest absolute Gasteiger partial charge is 0.343 e. The van der Waals surface area contributed by atoms with Crippen LogP contribution in [0.15, 0.2) is 54.6 Å². The van der Waals surface area contributed by atoms with Gasteiger partial charge < -0.3 is 4.74 Å². The molecule has 0 bridgehead atoms. The molecule has 0 spiro atoms. The van der Waals surface area contributed by atoms with Crippen molar-refractivity contribution in [2.24, 2.45) is 0 Å². The van der Waals surface area contributed by atoms with Gasteiger partial charge in [0.15, 0.2) is 0 Å². The summed E-state index contributed by atoms with van der Waals surface area (Å²) in [5.41, 5.74) is 1.39.